The maximum absolute atomic E-state index is 12.5. The van der Waals surface area contributed by atoms with Crippen molar-refractivity contribution in [1.82, 2.24) is 5.32 Å². The maximum Gasteiger partial charge on any atom is 0.305 e. The quantitative estimate of drug-likeness (QED) is 0.0417. The second kappa shape index (κ2) is 58.4. The Hall–Kier alpha value is -1.14. The second-order valence-corrected chi connectivity index (χ2v) is 21.8. The molecule has 0 aliphatic carbocycles. The van der Waals surface area contributed by atoms with E-state index < -0.39 is 12.1 Å². The van der Waals surface area contributed by atoms with E-state index in [0.717, 1.165) is 38.5 Å². The van der Waals surface area contributed by atoms with Crippen LogP contribution in [-0.2, 0) is 14.3 Å². The highest BCUT2D eigenvalue weighted by molar-refractivity contribution is 5.76. The number of rotatable bonds is 59. The number of hydrogen-bond acceptors (Lipinski definition) is 5. The third kappa shape index (κ3) is 54.2. The van der Waals surface area contributed by atoms with Crippen LogP contribution in [-0.4, -0.2) is 47.4 Å². The van der Waals surface area contributed by atoms with Crippen molar-refractivity contribution in [1.29, 1.82) is 0 Å². The Labute approximate surface area is 426 Å². The molecule has 0 radical (unpaired) electrons. The van der Waals surface area contributed by atoms with Gasteiger partial charge in [0.15, 0.2) is 0 Å². The molecule has 0 spiro atoms. The standard InChI is InChI=1S/C62H123NO5/c1-3-5-7-9-11-13-15-17-19-20-21-22-23-24-27-30-34-38-42-46-50-54-60(65)59(58-64)63-61(66)55-51-47-43-39-35-31-28-25-26-29-33-37-41-45-49-53-57-68-62(67)56-52-48-44-40-36-32-18-16-14-12-10-8-6-4-2/h59-60,64-65H,3-58H2,1-2H3,(H,63,66). The normalized spacial score (nSPS) is 12.5. The molecule has 406 valence electrons. The first kappa shape index (κ1) is 66.9. The van der Waals surface area contributed by atoms with Crippen molar-refractivity contribution in [3.05, 3.63) is 0 Å². The summed E-state index contributed by atoms with van der Waals surface area (Å²) in [5, 5.41) is 23.4. The molecule has 0 aliphatic rings. The number of amides is 1. The van der Waals surface area contributed by atoms with Gasteiger partial charge in [-0.3, -0.25) is 9.59 Å². The number of esters is 1. The van der Waals surface area contributed by atoms with Crippen molar-refractivity contribution in [2.45, 2.75) is 373 Å². The van der Waals surface area contributed by atoms with E-state index in [-0.39, 0.29) is 18.5 Å². The first-order valence-electron chi connectivity index (χ1n) is 31.3. The molecule has 0 rings (SSSR count). The van der Waals surface area contributed by atoms with Crippen molar-refractivity contribution in [2.24, 2.45) is 0 Å². The van der Waals surface area contributed by atoms with Gasteiger partial charge in [0.05, 0.1) is 25.4 Å². The molecular weight excluding hydrogens is 839 g/mol. The van der Waals surface area contributed by atoms with E-state index in [9.17, 15) is 19.8 Å². The largest absolute Gasteiger partial charge is 0.466 e. The number of aliphatic hydroxyl groups excluding tert-OH is 2. The van der Waals surface area contributed by atoms with Gasteiger partial charge in [0.1, 0.15) is 0 Å². The van der Waals surface area contributed by atoms with Crippen LogP contribution in [0.25, 0.3) is 0 Å². The lowest BCUT2D eigenvalue weighted by Gasteiger charge is -2.22. The molecule has 0 bridgehead atoms. The molecule has 3 N–H and O–H groups in total. The van der Waals surface area contributed by atoms with Gasteiger partial charge in [0, 0.05) is 12.8 Å². The van der Waals surface area contributed by atoms with Crippen LogP contribution >= 0.6 is 0 Å². The van der Waals surface area contributed by atoms with E-state index in [1.807, 2.05) is 0 Å². The molecule has 0 saturated carbocycles. The summed E-state index contributed by atoms with van der Waals surface area (Å²) in [6, 6.07) is -0.546. The summed E-state index contributed by atoms with van der Waals surface area (Å²) in [6.45, 7) is 4.98. The van der Waals surface area contributed by atoms with Gasteiger partial charge < -0.3 is 20.3 Å². The van der Waals surface area contributed by atoms with E-state index in [1.54, 1.807) is 0 Å². The molecular formula is C62H123NO5. The Morgan fingerprint density at radius 3 is 0.897 bits per heavy atom. The number of aliphatic hydroxyl groups is 2. The highest BCUT2D eigenvalue weighted by Gasteiger charge is 2.20. The molecule has 2 unspecified atom stereocenters. The average Bonchev–Trinajstić information content (AvgIpc) is 3.34. The lowest BCUT2D eigenvalue weighted by molar-refractivity contribution is -0.143. The lowest BCUT2D eigenvalue weighted by Crippen LogP contribution is -2.45. The summed E-state index contributed by atoms with van der Waals surface area (Å²) >= 11 is 0. The summed E-state index contributed by atoms with van der Waals surface area (Å²) in [7, 11) is 0. The Morgan fingerprint density at radius 1 is 0.353 bits per heavy atom. The summed E-state index contributed by atoms with van der Waals surface area (Å²) in [5.41, 5.74) is 0. The van der Waals surface area contributed by atoms with Crippen LogP contribution < -0.4 is 5.32 Å². The fraction of sp³-hybridized carbons (Fsp3) is 0.968. The van der Waals surface area contributed by atoms with E-state index in [0.29, 0.717) is 25.9 Å². The molecule has 0 aromatic carbocycles. The van der Waals surface area contributed by atoms with E-state index in [2.05, 4.69) is 19.2 Å². The zero-order chi connectivity index (χ0) is 49.3. The zero-order valence-electron chi connectivity index (χ0n) is 46.4. The van der Waals surface area contributed by atoms with Gasteiger partial charge in [-0.25, -0.2) is 0 Å². The van der Waals surface area contributed by atoms with E-state index in [4.69, 9.17) is 4.74 Å². The van der Waals surface area contributed by atoms with Gasteiger partial charge in [-0.1, -0.05) is 322 Å². The van der Waals surface area contributed by atoms with E-state index in [1.165, 1.54) is 289 Å². The first-order valence-corrected chi connectivity index (χ1v) is 31.3. The maximum atomic E-state index is 12.5. The molecule has 0 aromatic heterocycles. The molecule has 0 fully saturated rings. The number of carbonyl (C=O) groups is 2. The smallest absolute Gasteiger partial charge is 0.305 e. The van der Waals surface area contributed by atoms with Crippen molar-refractivity contribution in [3.63, 3.8) is 0 Å². The summed E-state index contributed by atoms with van der Waals surface area (Å²) < 4.78 is 5.48. The van der Waals surface area contributed by atoms with Crippen molar-refractivity contribution >= 4 is 11.9 Å². The predicted molar refractivity (Wildman–Crippen MR) is 297 cm³/mol. The molecule has 0 saturated heterocycles. The van der Waals surface area contributed by atoms with Gasteiger partial charge in [-0.05, 0) is 25.7 Å². The van der Waals surface area contributed by atoms with Crippen molar-refractivity contribution in [3.8, 4) is 0 Å². The fourth-order valence-corrected chi connectivity index (χ4v) is 10.1. The number of nitrogens with one attached hydrogen (secondary N) is 1. The average molecular weight is 963 g/mol. The van der Waals surface area contributed by atoms with Crippen LogP contribution in [0.5, 0.6) is 0 Å². The Kier molecular flexibility index (Phi) is 57.5. The van der Waals surface area contributed by atoms with E-state index >= 15 is 0 Å². The van der Waals surface area contributed by atoms with Crippen LogP contribution in [0.2, 0.25) is 0 Å². The van der Waals surface area contributed by atoms with Crippen LogP contribution in [0.1, 0.15) is 361 Å². The Morgan fingerprint density at radius 2 is 0.603 bits per heavy atom. The summed E-state index contributed by atoms with van der Waals surface area (Å²) in [5.74, 6) is -0.0301. The van der Waals surface area contributed by atoms with Crippen LogP contribution in [0.3, 0.4) is 0 Å². The molecule has 0 heterocycles. The SMILES string of the molecule is CCCCCCCCCCCCCCCCCCCCCCCC(O)C(CO)NC(=O)CCCCCCCCCCCCCCCCCCOC(=O)CCCCCCCCCCCCCCCC. The molecule has 6 nitrogen and oxygen atoms in total. The third-order valence-corrected chi connectivity index (χ3v) is 14.9. The predicted octanol–water partition coefficient (Wildman–Crippen LogP) is 19.5. The minimum Gasteiger partial charge on any atom is -0.466 e. The Balaban J connectivity index is 3.41. The highest BCUT2D eigenvalue weighted by Crippen LogP contribution is 2.19. The van der Waals surface area contributed by atoms with Crippen molar-refractivity contribution in [2.75, 3.05) is 13.2 Å². The van der Waals surface area contributed by atoms with Crippen LogP contribution in [0.4, 0.5) is 0 Å². The number of unbranched alkanes of at least 4 members (excludes halogenated alkanes) is 48. The fourth-order valence-electron chi connectivity index (χ4n) is 10.1. The molecule has 1 amide bonds. The highest BCUT2D eigenvalue weighted by atomic mass is 16.5. The minimum atomic E-state index is -0.668. The van der Waals surface area contributed by atoms with Gasteiger partial charge in [-0.15, -0.1) is 0 Å². The number of carbonyl (C=O) groups excluding carboxylic acids is 2. The molecule has 0 aromatic rings. The Bertz CT molecular complexity index is 975. The van der Waals surface area contributed by atoms with Gasteiger partial charge >= 0.3 is 5.97 Å². The summed E-state index contributed by atoms with van der Waals surface area (Å²) in [6.07, 6.45) is 68.2. The minimum absolute atomic E-state index is 0.00689. The lowest BCUT2D eigenvalue weighted by atomic mass is 10.0. The second-order valence-electron chi connectivity index (χ2n) is 21.8. The zero-order valence-corrected chi connectivity index (χ0v) is 46.4. The number of hydrogen-bond donors (Lipinski definition) is 3. The van der Waals surface area contributed by atoms with Crippen molar-refractivity contribution < 1.29 is 24.5 Å². The van der Waals surface area contributed by atoms with Gasteiger partial charge in [0.25, 0.3) is 0 Å². The number of ether oxygens (including phenoxy) is 1. The molecule has 6 heteroatoms. The van der Waals surface area contributed by atoms with Crippen LogP contribution in [0.15, 0.2) is 0 Å². The van der Waals surface area contributed by atoms with Crippen LogP contribution in [0, 0.1) is 0 Å². The first-order chi connectivity index (χ1) is 33.5. The third-order valence-electron chi connectivity index (χ3n) is 14.9. The molecule has 2 atom stereocenters. The molecule has 0 aliphatic heterocycles. The van der Waals surface area contributed by atoms with Gasteiger partial charge in [0.2, 0.25) is 5.91 Å². The topological polar surface area (TPSA) is 95.9 Å². The molecule has 68 heavy (non-hydrogen) atoms. The summed E-state index contributed by atoms with van der Waals surface area (Å²) in [4.78, 5) is 24.6. The van der Waals surface area contributed by atoms with Gasteiger partial charge in [-0.2, -0.15) is 0 Å². The monoisotopic (exact) mass is 962 g/mol.